The van der Waals surface area contributed by atoms with Gasteiger partial charge in [0.1, 0.15) is 5.75 Å². The molecule has 0 radical (unpaired) electrons. The van der Waals surface area contributed by atoms with Crippen molar-refractivity contribution >= 4 is 15.9 Å². The third kappa shape index (κ3) is 5.88. The summed E-state index contributed by atoms with van der Waals surface area (Å²) in [7, 11) is -1.89. The molecular weight excluding hydrogens is 462 g/mol. The van der Waals surface area contributed by atoms with E-state index in [0.717, 1.165) is 30.0 Å². The van der Waals surface area contributed by atoms with Gasteiger partial charge in [-0.3, -0.25) is 9.69 Å². The summed E-state index contributed by atoms with van der Waals surface area (Å²) in [4.78, 5) is 15.8. The summed E-state index contributed by atoms with van der Waals surface area (Å²) in [6.45, 7) is 7.22. The van der Waals surface area contributed by atoms with Gasteiger partial charge in [-0.15, -0.1) is 0 Å². The fraction of sp³-hybridized carbons (Fsp3) is 0.519. The van der Waals surface area contributed by atoms with Crippen LogP contribution in [-0.2, 0) is 14.8 Å². The van der Waals surface area contributed by atoms with Crippen LogP contribution in [0.4, 0.5) is 0 Å². The molecule has 0 bridgehead atoms. The standard InChI is InChI=1S/C27H37N3O4S/c1-20-6-11-25(18-21(20)2)35(32,33)30-16-12-23(13-17-30)27(31)28-19-26(29-14-4-5-15-29)22-7-9-24(34-3)10-8-22/h6-11,18,23,26H,4-5,12-17,19H2,1-3H3,(H,28,31). The second kappa shape index (κ2) is 11.1. The van der Waals surface area contributed by atoms with Crippen molar-refractivity contribution in [1.29, 1.82) is 0 Å². The molecule has 2 aromatic rings. The molecule has 1 atom stereocenters. The highest BCUT2D eigenvalue weighted by Crippen LogP contribution is 2.28. The van der Waals surface area contributed by atoms with Crippen molar-refractivity contribution in [3.63, 3.8) is 0 Å². The van der Waals surface area contributed by atoms with Crippen LogP contribution in [0.25, 0.3) is 0 Å². The fourth-order valence-corrected chi connectivity index (χ4v) is 6.62. The Hall–Kier alpha value is -2.42. The monoisotopic (exact) mass is 499 g/mol. The number of aryl methyl sites for hydroxylation is 2. The minimum Gasteiger partial charge on any atom is -0.497 e. The third-order valence-electron chi connectivity index (χ3n) is 7.49. The summed E-state index contributed by atoms with van der Waals surface area (Å²) in [6, 6.07) is 13.5. The van der Waals surface area contributed by atoms with Crippen molar-refractivity contribution in [1.82, 2.24) is 14.5 Å². The molecule has 1 N–H and O–H groups in total. The summed E-state index contributed by atoms with van der Waals surface area (Å²) in [5, 5.41) is 3.18. The van der Waals surface area contributed by atoms with Gasteiger partial charge in [0.25, 0.3) is 0 Å². The summed E-state index contributed by atoms with van der Waals surface area (Å²) in [5.41, 5.74) is 3.20. The van der Waals surface area contributed by atoms with Gasteiger partial charge in [-0.1, -0.05) is 18.2 Å². The van der Waals surface area contributed by atoms with Crippen LogP contribution in [0.3, 0.4) is 0 Å². The number of piperidine rings is 1. The maximum absolute atomic E-state index is 13.1. The first kappa shape index (κ1) is 25.7. The normalized spacial score (nSPS) is 18.9. The highest BCUT2D eigenvalue weighted by atomic mass is 32.2. The Kier molecular flexibility index (Phi) is 8.14. The maximum atomic E-state index is 13.1. The van der Waals surface area contributed by atoms with E-state index in [0.29, 0.717) is 37.4 Å². The van der Waals surface area contributed by atoms with Crippen LogP contribution in [0.1, 0.15) is 48.4 Å². The lowest BCUT2D eigenvalue weighted by atomic mass is 9.97. The summed E-state index contributed by atoms with van der Waals surface area (Å²) < 4.78 is 33.0. The van der Waals surface area contributed by atoms with Crippen LogP contribution in [0.5, 0.6) is 5.75 Å². The third-order valence-corrected chi connectivity index (χ3v) is 9.39. The molecule has 2 saturated heterocycles. The SMILES string of the molecule is COc1ccc(C(CNC(=O)C2CCN(S(=O)(=O)c3ccc(C)c(C)c3)CC2)N2CCCC2)cc1. The Balaban J connectivity index is 1.35. The van der Waals surface area contributed by atoms with Gasteiger partial charge in [-0.05, 0) is 93.6 Å². The minimum absolute atomic E-state index is 0.0194. The van der Waals surface area contributed by atoms with Crippen molar-refractivity contribution < 1.29 is 17.9 Å². The molecule has 2 aliphatic heterocycles. The van der Waals surface area contributed by atoms with Gasteiger partial charge >= 0.3 is 0 Å². The Morgan fingerprint density at radius 1 is 1.00 bits per heavy atom. The zero-order valence-electron chi connectivity index (χ0n) is 21.0. The summed E-state index contributed by atoms with van der Waals surface area (Å²) in [6.07, 6.45) is 3.42. The molecule has 4 rings (SSSR count). The molecule has 0 saturated carbocycles. The van der Waals surface area contributed by atoms with E-state index in [4.69, 9.17) is 4.74 Å². The van der Waals surface area contributed by atoms with Gasteiger partial charge in [0.2, 0.25) is 15.9 Å². The van der Waals surface area contributed by atoms with Crippen LogP contribution in [0.2, 0.25) is 0 Å². The zero-order chi connectivity index (χ0) is 25.0. The molecule has 1 amide bonds. The Bertz CT molecular complexity index is 1120. The van der Waals surface area contributed by atoms with Crippen molar-refractivity contribution in [3.8, 4) is 5.75 Å². The molecule has 0 aromatic heterocycles. The van der Waals surface area contributed by atoms with Crippen LogP contribution in [0, 0.1) is 19.8 Å². The number of nitrogens with zero attached hydrogens (tertiary/aromatic N) is 2. The van der Waals surface area contributed by atoms with E-state index in [-0.39, 0.29) is 17.9 Å². The molecule has 1 unspecified atom stereocenters. The van der Waals surface area contributed by atoms with Gasteiger partial charge in [0, 0.05) is 25.6 Å². The largest absolute Gasteiger partial charge is 0.497 e. The summed E-state index contributed by atoms with van der Waals surface area (Å²) in [5.74, 6) is 0.669. The number of rotatable bonds is 8. The molecule has 2 fully saturated rings. The molecule has 7 nitrogen and oxygen atoms in total. The number of amides is 1. The van der Waals surface area contributed by atoms with Crippen LogP contribution < -0.4 is 10.1 Å². The molecule has 2 aromatic carbocycles. The van der Waals surface area contributed by atoms with Gasteiger partial charge in [-0.2, -0.15) is 4.31 Å². The number of carbonyl (C=O) groups is 1. The lowest BCUT2D eigenvalue weighted by molar-refractivity contribution is -0.126. The minimum atomic E-state index is -3.54. The second-order valence-corrected chi connectivity index (χ2v) is 11.6. The first-order valence-corrected chi connectivity index (χ1v) is 14.0. The molecule has 0 spiro atoms. The number of nitrogens with one attached hydrogen (secondary N) is 1. The highest BCUT2D eigenvalue weighted by Gasteiger charge is 2.33. The lowest BCUT2D eigenvalue weighted by Gasteiger charge is -2.32. The van der Waals surface area contributed by atoms with Crippen molar-refractivity contribution in [2.75, 3.05) is 39.8 Å². The van der Waals surface area contributed by atoms with Crippen LogP contribution in [0.15, 0.2) is 47.4 Å². The van der Waals surface area contributed by atoms with Crippen molar-refractivity contribution in [3.05, 3.63) is 59.2 Å². The molecule has 0 aliphatic carbocycles. The van der Waals surface area contributed by atoms with E-state index in [1.165, 1.54) is 22.7 Å². The van der Waals surface area contributed by atoms with E-state index >= 15 is 0 Å². The number of sulfonamides is 1. The Morgan fingerprint density at radius 2 is 1.66 bits per heavy atom. The molecular formula is C27H37N3O4S. The topological polar surface area (TPSA) is 79.0 Å². The maximum Gasteiger partial charge on any atom is 0.243 e. The fourth-order valence-electron chi connectivity index (χ4n) is 5.06. The molecule has 8 heteroatoms. The van der Waals surface area contributed by atoms with Crippen molar-refractivity contribution in [2.45, 2.75) is 50.5 Å². The predicted molar refractivity (Wildman–Crippen MR) is 137 cm³/mol. The number of hydrogen-bond donors (Lipinski definition) is 1. The average Bonchev–Trinajstić information content (AvgIpc) is 3.41. The number of likely N-dealkylation sites (tertiary alicyclic amines) is 1. The number of methoxy groups -OCH3 is 1. The smallest absolute Gasteiger partial charge is 0.243 e. The second-order valence-electron chi connectivity index (χ2n) is 9.70. The lowest BCUT2D eigenvalue weighted by Crippen LogP contribution is -2.44. The van der Waals surface area contributed by atoms with E-state index in [1.54, 1.807) is 19.2 Å². The summed E-state index contributed by atoms with van der Waals surface area (Å²) >= 11 is 0. The molecule has 35 heavy (non-hydrogen) atoms. The van der Waals surface area contributed by atoms with E-state index in [1.807, 2.05) is 32.0 Å². The number of benzene rings is 2. The first-order valence-electron chi connectivity index (χ1n) is 12.5. The number of carbonyl (C=O) groups excluding carboxylic acids is 1. The Labute approximate surface area is 209 Å². The van der Waals surface area contributed by atoms with Crippen LogP contribution in [-0.4, -0.2) is 63.4 Å². The van der Waals surface area contributed by atoms with E-state index < -0.39 is 10.0 Å². The predicted octanol–water partition coefficient (Wildman–Crippen LogP) is 3.67. The van der Waals surface area contributed by atoms with Gasteiger partial charge in [0.05, 0.1) is 18.0 Å². The van der Waals surface area contributed by atoms with Crippen LogP contribution >= 0.6 is 0 Å². The molecule has 190 valence electrons. The van der Waals surface area contributed by atoms with Gasteiger partial charge < -0.3 is 10.1 Å². The number of hydrogen-bond acceptors (Lipinski definition) is 5. The van der Waals surface area contributed by atoms with Gasteiger partial charge in [0.15, 0.2) is 0 Å². The van der Waals surface area contributed by atoms with E-state index in [2.05, 4.69) is 22.3 Å². The van der Waals surface area contributed by atoms with Gasteiger partial charge in [-0.25, -0.2) is 8.42 Å². The van der Waals surface area contributed by atoms with E-state index in [9.17, 15) is 13.2 Å². The zero-order valence-corrected chi connectivity index (χ0v) is 21.8. The Morgan fingerprint density at radius 3 is 2.26 bits per heavy atom. The first-order chi connectivity index (χ1) is 16.8. The highest BCUT2D eigenvalue weighted by molar-refractivity contribution is 7.89. The van der Waals surface area contributed by atoms with Crippen molar-refractivity contribution in [2.24, 2.45) is 5.92 Å². The molecule has 2 aliphatic rings. The average molecular weight is 500 g/mol. The quantitative estimate of drug-likeness (QED) is 0.600. The molecule has 2 heterocycles. The number of ether oxygens (including phenoxy) is 1.